The first-order valence-corrected chi connectivity index (χ1v) is 9.68. The summed E-state index contributed by atoms with van der Waals surface area (Å²) in [5.41, 5.74) is 1.97. The average Bonchev–Trinajstić information content (AvgIpc) is 3.13. The number of nitrogens with one attached hydrogen (secondary N) is 1. The van der Waals surface area contributed by atoms with Crippen LogP contribution in [0.4, 0.5) is 5.82 Å². The summed E-state index contributed by atoms with van der Waals surface area (Å²) >= 11 is 0. The number of para-hydroxylation sites is 1. The monoisotopic (exact) mass is 416 g/mol. The molecule has 0 bridgehead atoms. The largest absolute Gasteiger partial charge is 0.497 e. The van der Waals surface area contributed by atoms with Crippen molar-refractivity contribution >= 4 is 17.6 Å². The van der Waals surface area contributed by atoms with Gasteiger partial charge in [-0.15, -0.1) is 0 Å². The fourth-order valence-corrected chi connectivity index (χ4v) is 3.75. The van der Waals surface area contributed by atoms with Gasteiger partial charge in [-0.25, -0.2) is 0 Å². The summed E-state index contributed by atoms with van der Waals surface area (Å²) in [6.07, 6.45) is 0. The van der Waals surface area contributed by atoms with E-state index in [1.54, 1.807) is 50.4 Å². The molecule has 0 spiro atoms. The van der Waals surface area contributed by atoms with Crippen molar-refractivity contribution in [2.45, 2.75) is 12.8 Å². The molecule has 2 atom stereocenters. The van der Waals surface area contributed by atoms with E-state index in [0.29, 0.717) is 22.8 Å². The van der Waals surface area contributed by atoms with Crippen molar-refractivity contribution in [3.63, 3.8) is 0 Å². The molecule has 8 heteroatoms. The number of methoxy groups -OCH3 is 1. The molecule has 1 aliphatic rings. The zero-order valence-corrected chi connectivity index (χ0v) is 17.0. The number of aryl methyl sites for hydroxylation is 1. The molecular formula is C23H20N4O4. The van der Waals surface area contributed by atoms with Crippen molar-refractivity contribution in [1.82, 2.24) is 9.78 Å². The Balaban J connectivity index is 1.71. The number of rotatable bonds is 5. The van der Waals surface area contributed by atoms with E-state index in [2.05, 4.69) is 16.5 Å². The Morgan fingerprint density at radius 3 is 2.52 bits per heavy atom. The third kappa shape index (κ3) is 3.73. The molecule has 0 aliphatic carbocycles. The van der Waals surface area contributed by atoms with Gasteiger partial charge in [-0.3, -0.25) is 9.59 Å². The van der Waals surface area contributed by atoms with Crippen molar-refractivity contribution < 1.29 is 19.1 Å². The molecule has 0 fully saturated rings. The van der Waals surface area contributed by atoms with Crippen molar-refractivity contribution in [2.24, 2.45) is 5.92 Å². The van der Waals surface area contributed by atoms with Gasteiger partial charge in [0.1, 0.15) is 23.2 Å². The maximum absolute atomic E-state index is 12.8. The molecule has 31 heavy (non-hydrogen) atoms. The first-order chi connectivity index (χ1) is 15.0. The lowest BCUT2D eigenvalue weighted by Crippen LogP contribution is -2.35. The van der Waals surface area contributed by atoms with Crippen LogP contribution in [0, 0.1) is 24.2 Å². The van der Waals surface area contributed by atoms with Crippen molar-refractivity contribution in [3.05, 3.63) is 71.4 Å². The van der Waals surface area contributed by atoms with Crippen LogP contribution in [0.2, 0.25) is 0 Å². The topological polar surface area (TPSA) is 106 Å². The van der Waals surface area contributed by atoms with Crippen molar-refractivity contribution in [2.75, 3.05) is 19.0 Å². The maximum atomic E-state index is 12.8. The summed E-state index contributed by atoms with van der Waals surface area (Å²) in [6, 6.07) is 18.2. The van der Waals surface area contributed by atoms with Gasteiger partial charge >= 0.3 is 0 Å². The van der Waals surface area contributed by atoms with Crippen LogP contribution in [-0.4, -0.2) is 35.3 Å². The molecular weight excluding hydrogens is 396 g/mol. The second kappa shape index (κ2) is 8.32. The van der Waals surface area contributed by atoms with Crippen LogP contribution in [0.25, 0.3) is 0 Å². The number of carbonyl (C=O) groups is 2. The van der Waals surface area contributed by atoms with Crippen LogP contribution in [0.3, 0.4) is 0 Å². The molecule has 1 amide bonds. The lowest BCUT2D eigenvalue weighted by atomic mass is 9.78. The van der Waals surface area contributed by atoms with Crippen LogP contribution in [0.5, 0.6) is 11.5 Å². The molecule has 8 nitrogen and oxygen atoms in total. The molecule has 2 unspecified atom stereocenters. The third-order valence-electron chi connectivity index (χ3n) is 5.23. The molecule has 3 aromatic rings. The number of anilines is 1. The summed E-state index contributed by atoms with van der Waals surface area (Å²) in [5, 5.41) is 16.7. The molecule has 4 rings (SSSR count). The Kier molecular flexibility index (Phi) is 5.41. The van der Waals surface area contributed by atoms with E-state index in [4.69, 9.17) is 9.47 Å². The van der Waals surface area contributed by atoms with E-state index >= 15 is 0 Å². The summed E-state index contributed by atoms with van der Waals surface area (Å²) in [7, 11) is 1.57. The van der Waals surface area contributed by atoms with Gasteiger partial charge < -0.3 is 14.8 Å². The highest BCUT2D eigenvalue weighted by molar-refractivity contribution is 6.00. The Morgan fingerprint density at radius 1 is 1.16 bits per heavy atom. The highest BCUT2D eigenvalue weighted by Gasteiger charge is 2.41. The van der Waals surface area contributed by atoms with Gasteiger partial charge in [0.05, 0.1) is 18.9 Å². The van der Waals surface area contributed by atoms with Gasteiger partial charge in [0.25, 0.3) is 5.91 Å². The van der Waals surface area contributed by atoms with Crippen LogP contribution in [-0.2, 0) is 4.79 Å². The summed E-state index contributed by atoms with van der Waals surface area (Å²) in [5.74, 6) is -0.927. The third-order valence-corrected chi connectivity index (χ3v) is 5.23. The van der Waals surface area contributed by atoms with E-state index in [-0.39, 0.29) is 12.4 Å². The number of nitrogens with zero attached hydrogens (tertiary/aromatic N) is 3. The van der Waals surface area contributed by atoms with E-state index < -0.39 is 23.7 Å². The minimum absolute atomic E-state index is 0.248. The number of carbonyl (C=O) groups excluding carboxylic acids is 2. The predicted octanol–water partition coefficient (Wildman–Crippen LogP) is 3.14. The molecule has 1 aromatic heterocycles. The molecule has 1 N–H and O–H groups in total. The molecule has 156 valence electrons. The lowest BCUT2D eigenvalue weighted by Gasteiger charge is -2.28. The zero-order valence-electron chi connectivity index (χ0n) is 17.0. The van der Waals surface area contributed by atoms with Crippen molar-refractivity contribution in [3.8, 4) is 17.6 Å². The van der Waals surface area contributed by atoms with Crippen LogP contribution >= 0.6 is 0 Å². The van der Waals surface area contributed by atoms with Crippen molar-refractivity contribution in [1.29, 1.82) is 5.26 Å². The number of hydrogen-bond acceptors (Lipinski definition) is 6. The van der Waals surface area contributed by atoms with Gasteiger partial charge in [0, 0.05) is 11.5 Å². The SMILES string of the molecule is COc1ccc(C2c3c(C)nn(C(=O)COc4ccccc4)c3NC(=O)C2C#N)cc1. The zero-order chi connectivity index (χ0) is 22.0. The average molecular weight is 416 g/mol. The Morgan fingerprint density at radius 2 is 1.87 bits per heavy atom. The summed E-state index contributed by atoms with van der Waals surface area (Å²) in [6.45, 7) is 1.51. The maximum Gasteiger partial charge on any atom is 0.286 e. The Bertz CT molecular complexity index is 1160. The second-order valence-electron chi connectivity index (χ2n) is 7.10. The number of fused-ring (bicyclic) bond motifs is 1. The second-order valence-corrected chi connectivity index (χ2v) is 7.10. The van der Waals surface area contributed by atoms with E-state index in [1.807, 2.05) is 18.2 Å². The standard InChI is InChI=1S/C23H20N4O4/c1-14-20-21(15-8-10-16(30-2)11-9-15)18(12-24)23(29)25-22(20)27(26-14)19(28)13-31-17-6-4-3-5-7-17/h3-11,18,21H,13H2,1-2H3,(H,25,29). The molecule has 0 radical (unpaired) electrons. The highest BCUT2D eigenvalue weighted by atomic mass is 16.5. The normalized spacial score (nSPS) is 17.3. The molecule has 2 aromatic carbocycles. The van der Waals surface area contributed by atoms with Gasteiger partial charge in [0.15, 0.2) is 6.61 Å². The van der Waals surface area contributed by atoms with E-state index in [1.165, 1.54) is 0 Å². The smallest absolute Gasteiger partial charge is 0.286 e. The van der Waals surface area contributed by atoms with E-state index in [9.17, 15) is 14.9 Å². The van der Waals surface area contributed by atoms with Gasteiger partial charge in [0.2, 0.25) is 5.91 Å². The minimum atomic E-state index is -0.951. The van der Waals surface area contributed by atoms with E-state index in [0.717, 1.165) is 10.2 Å². The van der Waals surface area contributed by atoms with Gasteiger partial charge in [-0.1, -0.05) is 30.3 Å². The number of amides is 1. The number of benzene rings is 2. The first-order valence-electron chi connectivity index (χ1n) is 9.68. The van der Waals surface area contributed by atoms with Crippen LogP contribution in [0.1, 0.15) is 27.5 Å². The summed E-state index contributed by atoms with van der Waals surface area (Å²) in [4.78, 5) is 25.5. The fourth-order valence-electron chi connectivity index (χ4n) is 3.75. The van der Waals surface area contributed by atoms with Crippen LogP contribution < -0.4 is 14.8 Å². The van der Waals surface area contributed by atoms with Crippen LogP contribution in [0.15, 0.2) is 54.6 Å². The minimum Gasteiger partial charge on any atom is -0.497 e. The quantitative estimate of drug-likeness (QED) is 0.685. The predicted molar refractivity (Wildman–Crippen MR) is 112 cm³/mol. The lowest BCUT2D eigenvalue weighted by molar-refractivity contribution is -0.119. The molecule has 0 saturated carbocycles. The number of aromatic nitrogens is 2. The molecule has 0 saturated heterocycles. The molecule has 1 aliphatic heterocycles. The van der Waals surface area contributed by atoms with Gasteiger partial charge in [-0.2, -0.15) is 15.0 Å². The fraction of sp³-hybridized carbons (Fsp3) is 0.217. The highest BCUT2D eigenvalue weighted by Crippen LogP contribution is 2.42. The van der Waals surface area contributed by atoms with Gasteiger partial charge in [-0.05, 0) is 36.8 Å². The Hall–Kier alpha value is -4.12. The Labute approximate surface area is 179 Å². The number of nitriles is 1. The first kappa shape index (κ1) is 20.2. The summed E-state index contributed by atoms with van der Waals surface area (Å²) < 4.78 is 11.9. The molecule has 2 heterocycles. The number of hydrogen-bond donors (Lipinski definition) is 1. The number of ether oxygens (including phenoxy) is 2.